The number of hydrogen-bond acceptors (Lipinski definition) is 3. The highest BCUT2D eigenvalue weighted by Crippen LogP contribution is 2.25. The van der Waals surface area contributed by atoms with Gasteiger partial charge in [-0.3, -0.25) is 14.9 Å². The maximum Gasteiger partial charge on any atom is 0.287 e. The Morgan fingerprint density at radius 3 is 2.62 bits per heavy atom. The summed E-state index contributed by atoms with van der Waals surface area (Å²) in [5.74, 6) is -0.354. The van der Waals surface area contributed by atoms with Gasteiger partial charge >= 0.3 is 0 Å². The monoisotopic (exact) mass is 304 g/mol. The molecule has 0 aliphatic rings. The quantitative estimate of drug-likeness (QED) is 0.683. The summed E-state index contributed by atoms with van der Waals surface area (Å²) in [6.45, 7) is 1.99. The number of benzene rings is 2. The number of carbonyl (C=O) groups is 1. The Balaban J connectivity index is 2.25. The van der Waals surface area contributed by atoms with Crippen LogP contribution in [-0.4, -0.2) is 10.8 Å². The Kier molecular flexibility index (Phi) is 4.55. The van der Waals surface area contributed by atoms with Crippen molar-refractivity contribution < 1.29 is 9.72 Å². The summed E-state index contributed by atoms with van der Waals surface area (Å²) in [4.78, 5) is 22.3. The number of halogens is 1. The Hall–Kier alpha value is -2.40. The molecule has 0 aliphatic carbocycles. The second-order valence-electron chi connectivity index (χ2n) is 4.39. The van der Waals surface area contributed by atoms with Crippen LogP contribution < -0.4 is 5.32 Å². The molecule has 1 amide bonds. The molecule has 0 spiro atoms. The smallest absolute Gasteiger partial charge is 0.287 e. The second kappa shape index (κ2) is 6.37. The van der Waals surface area contributed by atoms with E-state index in [0.717, 1.165) is 17.7 Å². The first-order valence-corrected chi connectivity index (χ1v) is 6.74. The highest BCUT2D eigenvalue weighted by molar-refractivity contribution is 6.33. The van der Waals surface area contributed by atoms with Crippen LogP contribution in [0.2, 0.25) is 5.02 Å². The fraction of sp³-hybridized carbons (Fsp3) is 0.133. The molecule has 2 aromatic rings. The standard InChI is InChI=1S/C15H13ClN2O3/c1-2-10-5-3-4-6-13(10)17-15(19)11-7-8-14(18(20)21)12(16)9-11/h3-9H,2H2,1H3,(H,17,19). The molecular formula is C15H13ClN2O3. The van der Waals surface area contributed by atoms with E-state index in [1.807, 2.05) is 31.2 Å². The molecule has 0 bridgehead atoms. The molecule has 2 rings (SSSR count). The molecule has 6 heteroatoms. The molecule has 1 N–H and O–H groups in total. The SMILES string of the molecule is CCc1ccccc1NC(=O)c1ccc([N+](=O)[O-])c(Cl)c1. The Bertz CT molecular complexity index is 701. The molecule has 0 saturated carbocycles. The third kappa shape index (κ3) is 3.38. The van der Waals surface area contributed by atoms with Crippen LogP contribution in [0.25, 0.3) is 0 Å². The minimum atomic E-state index is -0.587. The molecule has 0 aliphatic heterocycles. The summed E-state index contributed by atoms with van der Waals surface area (Å²) in [6.07, 6.45) is 0.789. The van der Waals surface area contributed by atoms with Gasteiger partial charge in [0, 0.05) is 17.3 Å². The number of anilines is 1. The van der Waals surface area contributed by atoms with E-state index in [2.05, 4.69) is 5.32 Å². The number of nitro groups is 1. The van der Waals surface area contributed by atoms with Crippen molar-refractivity contribution in [3.8, 4) is 0 Å². The maximum atomic E-state index is 12.2. The molecule has 0 radical (unpaired) electrons. The fourth-order valence-corrected chi connectivity index (χ4v) is 2.19. The first kappa shape index (κ1) is 15.0. The first-order valence-electron chi connectivity index (χ1n) is 6.36. The van der Waals surface area contributed by atoms with E-state index in [1.54, 1.807) is 0 Å². The molecule has 0 unspecified atom stereocenters. The Labute approximate surface area is 126 Å². The molecule has 0 atom stereocenters. The van der Waals surface area contributed by atoms with Crippen molar-refractivity contribution >= 4 is 28.9 Å². The van der Waals surface area contributed by atoms with Crippen LogP contribution in [0.4, 0.5) is 11.4 Å². The van der Waals surface area contributed by atoms with Crippen molar-refractivity contribution in [2.45, 2.75) is 13.3 Å². The van der Waals surface area contributed by atoms with Gasteiger partial charge in [0.25, 0.3) is 11.6 Å². The van der Waals surface area contributed by atoms with Crippen molar-refractivity contribution in [1.82, 2.24) is 0 Å². The molecule has 0 heterocycles. The lowest BCUT2D eigenvalue weighted by Crippen LogP contribution is -2.13. The van der Waals surface area contributed by atoms with E-state index >= 15 is 0 Å². The minimum absolute atomic E-state index is 0.0589. The maximum absolute atomic E-state index is 12.2. The molecule has 108 valence electrons. The number of hydrogen-bond donors (Lipinski definition) is 1. The number of rotatable bonds is 4. The predicted octanol–water partition coefficient (Wildman–Crippen LogP) is 4.06. The number of nitrogens with zero attached hydrogens (tertiary/aromatic N) is 1. The van der Waals surface area contributed by atoms with Gasteiger partial charge in [-0.2, -0.15) is 0 Å². The third-order valence-corrected chi connectivity index (χ3v) is 3.36. The van der Waals surface area contributed by atoms with Gasteiger partial charge < -0.3 is 5.32 Å². The van der Waals surface area contributed by atoms with Crippen molar-refractivity contribution in [3.63, 3.8) is 0 Å². The average molecular weight is 305 g/mol. The van der Waals surface area contributed by atoms with Gasteiger partial charge in [-0.15, -0.1) is 0 Å². The number of aryl methyl sites for hydroxylation is 1. The molecular weight excluding hydrogens is 292 g/mol. The third-order valence-electron chi connectivity index (χ3n) is 3.05. The van der Waals surface area contributed by atoms with Crippen molar-refractivity contribution in [2.75, 3.05) is 5.32 Å². The average Bonchev–Trinajstić information content (AvgIpc) is 2.47. The van der Waals surface area contributed by atoms with Gasteiger partial charge in [0.15, 0.2) is 0 Å². The fourth-order valence-electron chi connectivity index (χ4n) is 1.94. The minimum Gasteiger partial charge on any atom is -0.322 e. The van der Waals surface area contributed by atoms with Crippen LogP contribution in [-0.2, 0) is 6.42 Å². The Morgan fingerprint density at radius 1 is 1.29 bits per heavy atom. The van der Waals surface area contributed by atoms with Gasteiger partial charge in [0.1, 0.15) is 5.02 Å². The van der Waals surface area contributed by atoms with E-state index in [4.69, 9.17) is 11.6 Å². The van der Waals surface area contributed by atoms with Crippen LogP contribution in [0.15, 0.2) is 42.5 Å². The summed E-state index contributed by atoms with van der Waals surface area (Å²) in [5, 5.41) is 13.4. The zero-order valence-electron chi connectivity index (χ0n) is 11.3. The summed E-state index contributed by atoms with van der Waals surface area (Å²) in [5.41, 5.74) is 1.79. The van der Waals surface area contributed by atoms with Gasteiger partial charge in [-0.05, 0) is 30.2 Å². The lowest BCUT2D eigenvalue weighted by Gasteiger charge is -2.09. The largest absolute Gasteiger partial charge is 0.322 e. The molecule has 0 saturated heterocycles. The van der Waals surface area contributed by atoms with E-state index in [0.29, 0.717) is 0 Å². The number of nitro benzene ring substituents is 1. The van der Waals surface area contributed by atoms with Crippen LogP contribution >= 0.6 is 11.6 Å². The molecule has 0 fully saturated rings. The second-order valence-corrected chi connectivity index (χ2v) is 4.80. The summed E-state index contributed by atoms with van der Waals surface area (Å²) in [7, 11) is 0. The lowest BCUT2D eigenvalue weighted by atomic mass is 10.1. The summed E-state index contributed by atoms with van der Waals surface area (Å²) >= 11 is 5.81. The van der Waals surface area contributed by atoms with E-state index < -0.39 is 4.92 Å². The normalized spacial score (nSPS) is 10.2. The molecule has 0 aromatic heterocycles. The number of nitrogens with one attached hydrogen (secondary N) is 1. The van der Waals surface area contributed by atoms with Crippen molar-refractivity contribution in [3.05, 3.63) is 68.7 Å². The first-order chi connectivity index (χ1) is 10.0. The zero-order chi connectivity index (χ0) is 15.4. The van der Waals surface area contributed by atoms with Gasteiger partial charge in [-0.1, -0.05) is 36.7 Å². The van der Waals surface area contributed by atoms with Gasteiger partial charge in [0.05, 0.1) is 4.92 Å². The van der Waals surface area contributed by atoms with Crippen molar-refractivity contribution in [1.29, 1.82) is 0 Å². The number of para-hydroxylation sites is 1. The Morgan fingerprint density at radius 2 is 2.00 bits per heavy atom. The van der Waals surface area contributed by atoms with Crippen LogP contribution in [0.3, 0.4) is 0 Å². The summed E-state index contributed by atoms with van der Waals surface area (Å²) in [6, 6.07) is 11.4. The molecule has 5 nitrogen and oxygen atoms in total. The molecule has 2 aromatic carbocycles. The lowest BCUT2D eigenvalue weighted by molar-refractivity contribution is -0.384. The zero-order valence-corrected chi connectivity index (χ0v) is 12.1. The van der Waals surface area contributed by atoms with Crippen LogP contribution in [0, 0.1) is 10.1 Å². The topological polar surface area (TPSA) is 72.2 Å². The van der Waals surface area contributed by atoms with Gasteiger partial charge in [-0.25, -0.2) is 0 Å². The number of carbonyl (C=O) groups excluding carboxylic acids is 1. The van der Waals surface area contributed by atoms with E-state index in [1.165, 1.54) is 18.2 Å². The highest BCUT2D eigenvalue weighted by Gasteiger charge is 2.15. The van der Waals surface area contributed by atoms with Gasteiger partial charge in [0.2, 0.25) is 0 Å². The van der Waals surface area contributed by atoms with Crippen molar-refractivity contribution in [2.24, 2.45) is 0 Å². The predicted molar refractivity (Wildman–Crippen MR) is 81.9 cm³/mol. The molecule has 21 heavy (non-hydrogen) atoms. The number of amides is 1. The highest BCUT2D eigenvalue weighted by atomic mass is 35.5. The summed E-state index contributed by atoms with van der Waals surface area (Å²) < 4.78 is 0. The van der Waals surface area contributed by atoms with E-state index in [9.17, 15) is 14.9 Å². The van der Waals surface area contributed by atoms with Crippen LogP contribution in [0.5, 0.6) is 0 Å². The van der Waals surface area contributed by atoms with Crippen LogP contribution in [0.1, 0.15) is 22.8 Å². The van der Waals surface area contributed by atoms with E-state index in [-0.39, 0.29) is 22.2 Å².